The second kappa shape index (κ2) is 9.49. The highest BCUT2D eigenvalue weighted by Crippen LogP contribution is 2.28. The summed E-state index contributed by atoms with van der Waals surface area (Å²) >= 11 is 0. The fraction of sp³-hybridized carbons (Fsp3) is 0.739. The van der Waals surface area contributed by atoms with E-state index >= 15 is 0 Å². The molecule has 1 saturated carbocycles. The first-order valence-electron chi connectivity index (χ1n) is 11.1. The molecule has 4 rings (SSSR count). The smallest absolute Gasteiger partial charge is 0.127 e. The average molecular weight is 375 g/mol. The van der Waals surface area contributed by atoms with Gasteiger partial charge in [0.15, 0.2) is 0 Å². The maximum absolute atomic E-state index is 14.2. The van der Waals surface area contributed by atoms with Crippen molar-refractivity contribution in [2.45, 2.75) is 70.1 Å². The monoisotopic (exact) mass is 374 g/mol. The number of halogens is 1. The Morgan fingerprint density at radius 2 is 1.74 bits per heavy atom. The molecule has 0 bridgehead atoms. The second-order valence-corrected chi connectivity index (χ2v) is 8.84. The summed E-state index contributed by atoms with van der Waals surface area (Å²) in [5.74, 6) is 0.654. The minimum absolute atomic E-state index is 0.0779. The zero-order valence-electron chi connectivity index (χ0n) is 16.6. The lowest BCUT2D eigenvalue weighted by Gasteiger charge is -2.38. The molecule has 150 valence electrons. The summed E-state index contributed by atoms with van der Waals surface area (Å²) in [5, 5.41) is 0. The molecule has 0 amide bonds. The van der Waals surface area contributed by atoms with Crippen molar-refractivity contribution in [3.8, 4) is 0 Å². The topological polar surface area (TPSA) is 15.7 Å². The minimum Gasteiger partial charge on any atom is -0.377 e. The van der Waals surface area contributed by atoms with Crippen molar-refractivity contribution < 1.29 is 9.13 Å². The van der Waals surface area contributed by atoms with Gasteiger partial charge in [-0.25, -0.2) is 4.39 Å². The maximum atomic E-state index is 14.2. The van der Waals surface area contributed by atoms with Gasteiger partial charge in [0, 0.05) is 37.8 Å². The van der Waals surface area contributed by atoms with Gasteiger partial charge >= 0.3 is 0 Å². The average Bonchev–Trinajstić information content (AvgIpc) is 3.38. The summed E-state index contributed by atoms with van der Waals surface area (Å²) in [6, 6.07) is 8.10. The van der Waals surface area contributed by atoms with E-state index in [2.05, 4.69) is 9.80 Å². The van der Waals surface area contributed by atoms with E-state index in [1.165, 1.54) is 51.6 Å². The predicted octanol–water partition coefficient (Wildman–Crippen LogP) is 4.46. The van der Waals surface area contributed by atoms with Gasteiger partial charge in [0.05, 0.1) is 6.10 Å². The van der Waals surface area contributed by atoms with Crippen LogP contribution in [0.1, 0.15) is 56.9 Å². The zero-order valence-corrected chi connectivity index (χ0v) is 16.6. The molecule has 2 aliphatic heterocycles. The van der Waals surface area contributed by atoms with Crippen LogP contribution < -0.4 is 0 Å². The van der Waals surface area contributed by atoms with Crippen molar-refractivity contribution in [1.82, 2.24) is 9.80 Å². The molecular weight excluding hydrogens is 339 g/mol. The highest BCUT2D eigenvalue weighted by molar-refractivity contribution is 5.17. The fourth-order valence-corrected chi connectivity index (χ4v) is 5.28. The Balaban J connectivity index is 1.33. The Bertz CT molecular complexity index is 575. The quantitative estimate of drug-likeness (QED) is 0.701. The Labute approximate surface area is 163 Å². The molecule has 0 aromatic heterocycles. The number of benzene rings is 1. The van der Waals surface area contributed by atoms with Gasteiger partial charge < -0.3 is 9.64 Å². The van der Waals surface area contributed by atoms with E-state index in [1.807, 2.05) is 12.1 Å². The van der Waals surface area contributed by atoms with Crippen molar-refractivity contribution in [3.05, 3.63) is 35.6 Å². The van der Waals surface area contributed by atoms with Gasteiger partial charge in [-0.3, -0.25) is 4.90 Å². The summed E-state index contributed by atoms with van der Waals surface area (Å²) in [4.78, 5) is 5.20. The van der Waals surface area contributed by atoms with Gasteiger partial charge in [0.25, 0.3) is 0 Å². The summed E-state index contributed by atoms with van der Waals surface area (Å²) in [5.41, 5.74) is 0.818. The van der Waals surface area contributed by atoms with E-state index in [4.69, 9.17) is 4.74 Å². The Kier molecular flexibility index (Phi) is 6.80. The van der Waals surface area contributed by atoms with E-state index in [-0.39, 0.29) is 5.82 Å². The molecule has 1 aromatic carbocycles. The van der Waals surface area contributed by atoms with E-state index in [0.717, 1.165) is 50.1 Å². The highest BCUT2D eigenvalue weighted by atomic mass is 19.1. The third-order valence-electron chi connectivity index (χ3n) is 6.84. The van der Waals surface area contributed by atoms with Crippen LogP contribution in [0.2, 0.25) is 0 Å². The standard InChI is InChI=1S/C23H35FN2O/c24-23-10-4-1-6-20(23)17-25(18-22-9-5-15-27-22)16-19-11-13-26(14-12-19)21-7-2-3-8-21/h1,4,6,10,19,21-22H,2-3,5,7-9,11-18H2. The lowest BCUT2D eigenvalue weighted by atomic mass is 9.94. The summed E-state index contributed by atoms with van der Waals surface area (Å²) < 4.78 is 20.1. The third-order valence-corrected chi connectivity index (χ3v) is 6.84. The maximum Gasteiger partial charge on any atom is 0.127 e. The highest BCUT2D eigenvalue weighted by Gasteiger charge is 2.29. The molecule has 4 heteroatoms. The Hall–Kier alpha value is -0.970. The van der Waals surface area contributed by atoms with Gasteiger partial charge in [-0.2, -0.15) is 0 Å². The summed E-state index contributed by atoms with van der Waals surface area (Å²) in [6.45, 7) is 6.11. The molecule has 1 unspecified atom stereocenters. The molecule has 27 heavy (non-hydrogen) atoms. The van der Waals surface area contributed by atoms with E-state index in [1.54, 1.807) is 12.1 Å². The van der Waals surface area contributed by atoms with Crippen LogP contribution in [0.15, 0.2) is 24.3 Å². The largest absolute Gasteiger partial charge is 0.377 e. The van der Waals surface area contributed by atoms with Crippen molar-refractivity contribution in [2.24, 2.45) is 5.92 Å². The molecule has 1 atom stereocenters. The molecule has 3 nitrogen and oxygen atoms in total. The number of hydrogen-bond acceptors (Lipinski definition) is 3. The lowest BCUT2D eigenvalue weighted by Crippen LogP contribution is -2.43. The van der Waals surface area contributed by atoms with Gasteiger partial charge in [0.1, 0.15) is 5.82 Å². The zero-order chi connectivity index (χ0) is 18.5. The van der Waals surface area contributed by atoms with Crippen LogP contribution in [0.4, 0.5) is 4.39 Å². The van der Waals surface area contributed by atoms with E-state index in [0.29, 0.717) is 12.6 Å². The first-order chi connectivity index (χ1) is 13.3. The molecule has 2 heterocycles. The van der Waals surface area contributed by atoms with Crippen molar-refractivity contribution in [2.75, 3.05) is 32.8 Å². The van der Waals surface area contributed by atoms with Crippen LogP contribution in [0.5, 0.6) is 0 Å². The molecule has 2 saturated heterocycles. The molecule has 0 N–H and O–H groups in total. The summed E-state index contributed by atoms with van der Waals surface area (Å²) in [6.07, 6.45) is 10.9. The first kappa shape index (κ1) is 19.4. The normalized spacial score (nSPS) is 25.6. The third kappa shape index (κ3) is 5.30. The fourth-order valence-electron chi connectivity index (χ4n) is 5.28. The SMILES string of the molecule is Fc1ccccc1CN(CC1CCN(C2CCCC2)CC1)CC1CCCO1. The van der Waals surface area contributed by atoms with Gasteiger partial charge in [-0.05, 0) is 63.6 Å². The number of piperidine rings is 1. The summed E-state index contributed by atoms with van der Waals surface area (Å²) in [7, 11) is 0. The van der Waals surface area contributed by atoms with Crippen molar-refractivity contribution in [3.63, 3.8) is 0 Å². The molecular formula is C23H35FN2O. The second-order valence-electron chi connectivity index (χ2n) is 8.84. The van der Waals surface area contributed by atoms with Crippen LogP contribution in [-0.2, 0) is 11.3 Å². The van der Waals surface area contributed by atoms with Crippen LogP contribution in [0.3, 0.4) is 0 Å². The van der Waals surface area contributed by atoms with Crippen LogP contribution in [0.25, 0.3) is 0 Å². The number of hydrogen-bond donors (Lipinski definition) is 0. The number of likely N-dealkylation sites (tertiary alicyclic amines) is 1. The Morgan fingerprint density at radius 1 is 0.963 bits per heavy atom. The Morgan fingerprint density at radius 3 is 2.44 bits per heavy atom. The van der Waals surface area contributed by atoms with Gasteiger partial charge in [-0.15, -0.1) is 0 Å². The van der Waals surface area contributed by atoms with E-state index < -0.39 is 0 Å². The van der Waals surface area contributed by atoms with Gasteiger partial charge in [-0.1, -0.05) is 31.0 Å². The minimum atomic E-state index is -0.0779. The van der Waals surface area contributed by atoms with Crippen molar-refractivity contribution >= 4 is 0 Å². The van der Waals surface area contributed by atoms with Crippen LogP contribution in [0, 0.1) is 11.7 Å². The van der Waals surface area contributed by atoms with Crippen molar-refractivity contribution in [1.29, 1.82) is 0 Å². The number of ether oxygens (including phenoxy) is 1. The molecule has 3 fully saturated rings. The van der Waals surface area contributed by atoms with Crippen LogP contribution in [-0.4, -0.2) is 54.7 Å². The van der Waals surface area contributed by atoms with Crippen LogP contribution >= 0.6 is 0 Å². The lowest BCUT2D eigenvalue weighted by molar-refractivity contribution is 0.0536. The van der Waals surface area contributed by atoms with Gasteiger partial charge in [0.2, 0.25) is 0 Å². The predicted molar refractivity (Wildman–Crippen MR) is 107 cm³/mol. The molecule has 1 aromatic rings. The number of nitrogens with zero attached hydrogens (tertiary/aromatic N) is 2. The number of rotatable bonds is 7. The molecule has 3 aliphatic rings. The molecule has 1 aliphatic carbocycles. The van der Waals surface area contributed by atoms with E-state index in [9.17, 15) is 4.39 Å². The first-order valence-corrected chi connectivity index (χ1v) is 11.1. The molecule has 0 radical (unpaired) electrons. The molecule has 0 spiro atoms.